The van der Waals surface area contributed by atoms with Crippen molar-refractivity contribution in [3.63, 3.8) is 0 Å². The minimum atomic E-state index is -4.60. The molecule has 184 valence electrons. The average Bonchev–Trinajstić information content (AvgIpc) is 3.13. The minimum absolute atomic E-state index is 0.0296. The molecule has 2 unspecified atom stereocenters. The Labute approximate surface area is 203 Å². The van der Waals surface area contributed by atoms with Gasteiger partial charge in [-0.15, -0.1) is 11.3 Å². The summed E-state index contributed by atoms with van der Waals surface area (Å²) in [5, 5.41) is 6.18. The van der Waals surface area contributed by atoms with Gasteiger partial charge < -0.3 is 26.0 Å². The van der Waals surface area contributed by atoms with Crippen molar-refractivity contribution < 1.29 is 22.7 Å². The van der Waals surface area contributed by atoms with Crippen LogP contribution in [0.4, 0.5) is 24.5 Å². The van der Waals surface area contributed by atoms with Gasteiger partial charge in [0, 0.05) is 48.0 Å². The molecule has 35 heavy (non-hydrogen) atoms. The van der Waals surface area contributed by atoms with E-state index in [0.717, 1.165) is 47.5 Å². The normalized spacial score (nSPS) is 23.4. The fourth-order valence-corrected chi connectivity index (χ4v) is 6.33. The van der Waals surface area contributed by atoms with Gasteiger partial charge >= 0.3 is 6.18 Å². The maximum atomic E-state index is 13.6. The van der Waals surface area contributed by atoms with Crippen LogP contribution in [0.25, 0.3) is 10.2 Å². The summed E-state index contributed by atoms with van der Waals surface area (Å²) in [4.78, 5) is 19.7. The number of carbonyl (C=O) groups excluding carboxylic acids is 1. The molecule has 4 aliphatic rings. The summed E-state index contributed by atoms with van der Waals surface area (Å²) in [6.07, 6.45) is -2.80. The highest BCUT2D eigenvalue weighted by molar-refractivity contribution is 7.21. The number of alkyl halides is 3. The van der Waals surface area contributed by atoms with Crippen LogP contribution in [0.15, 0.2) is 24.3 Å². The largest absolute Gasteiger partial charge is 0.491 e. The van der Waals surface area contributed by atoms with Crippen molar-refractivity contribution in [3.8, 4) is 5.75 Å². The average molecular weight is 504 g/mol. The number of nitrogens with one attached hydrogen (secondary N) is 2. The molecular formula is C24H24F3N5O2S. The summed E-state index contributed by atoms with van der Waals surface area (Å²) in [5.74, 6) is 0.279. The fourth-order valence-electron chi connectivity index (χ4n) is 5.26. The van der Waals surface area contributed by atoms with E-state index in [1.54, 1.807) is 0 Å². The zero-order valence-electron chi connectivity index (χ0n) is 18.9. The number of anilines is 2. The Hall–Kier alpha value is -3.05. The monoisotopic (exact) mass is 503 g/mol. The number of halogens is 3. The number of thiophene rings is 1. The quantitative estimate of drug-likeness (QED) is 0.507. The lowest BCUT2D eigenvalue weighted by Gasteiger charge is -2.49. The second-order valence-electron chi connectivity index (χ2n) is 9.51. The van der Waals surface area contributed by atoms with E-state index in [1.165, 1.54) is 13.3 Å². The molecule has 11 heteroatoms. The molecule has 6 heterocycles. The molecule has 0 aliphatic carbocycles. The van der Waals surface area contributed by atoms with Gasteiger partial charge in [-0.2, -0.15) is 13.2 Å². The fraction of sp³-hybridized carbons (Fsp3) is 0.417. The third kappa shape index (κ3) is 3.96. The number of nitrogens with two attached hydrogens (primary N) is 1. The Bertz CT molecular complexity index is 1320. The number of aryl methyl sites for hydroxylation is 1. The van der Waals surface area contributed by atoms with Crippen LogP contribution in [-0.4, -0.2) is 48.7 Å². The highest BCUT2D eigenvalue weighted by atomic mass is 32.1. The van der Waals surface area contributed by atoms with Crippen LogP contribution in [0.5, 0.6) is 5.75 Å². The second kappa shape index (κ2) is 7.99. The predicted octanol–water partition coefficient (Wildman–Crippen LogP) is 3.49. The third-order valence-corrected chi connectivity index (χ3v) is 8.02. The van der Waals surface area contributed by atoms with Gasteiger partial charge in [-0.1, -0.05) is 6.07 Å². The first-order chi connectivity index (χ1) is 16.7. The van der Waals surface area contributed by atoms with Crippen LogP contribution in [0.1, 0.15) is 32.9 Å². The smallest absolute Gasteiger partial charge is 0.417 e. The summed E-state index contributed by atoms with van der Waals surface area (Å²) in [6.45, 7) is 3.71. The first-order valence-corrected chi connectivity index (χ1v) is 12.3. The zero-order chi connectivity index (χ0) is 24.5. The topological polar surface area (TPSA) is 92.5 Å². The molecule has 2 bridgehead atoms. The lowest BCUT2D eigenvalue weighted by Crippen LogP contribution is -2.67. The molecule has 4 N–H and O–H groups in total. The van der Waals surface area contributed by atoms with Gasteiger partial charge in [0.05, 0.1) is 17.3 Å². The predicted molar refractivity (Wildman–Crippen MR) is 128 cm³/mol. The molecule has 3 aromatic rings. The summed E-state index contributed by atoms with van der Waals surface area (Å²) in [6, 6.07) is 7.89. The molecule has 4 aliphatic heterocycles. The SMILES string of the molecule is Cc1cc(C(F)(F)F)c2c(N)c(C(=O)N[C@H]3COc4cc(N5CC6CC(C5)N6)ccc4C3)sc2n1. The molecule has 7 rings (SSSR count). The number of carbonyl (C=O) groups is 1. The van der Waals surface area contributed by atoms with Crippen molar-refractivity contribution in [1.82, 2.24) is 15.6 Å². The number of amides is 1. The summed E-state index contributed by atoms with van der Waals surface area (Å²) < 4.78 is 46.7. The summed E-state index contributed by atoms with van der Waals surface area (Å²) in [7, 11) is 0. The number of piperidine rings is 1. The molecule has 3 saturated heterocycles. The van der Waals surface area contributed by atoms with Crippen LogP contribution in [0, 0.1) is 6.92 Å². The summed E-state index contributed by atoms with van der Waals surface area (Å²) in [5.41, 5.74) is 7.29. The molecule has 0 spiro atoms. The number of benzene rings is 1. The van der Waals surface area contributed by atoms with Gasteiger partial charge in [0.15, 0.2) is 0 Å². The number of nitrogen functional groups attached to an aromatic ring is 1. The van der Waals surface area contributed by atoms with Crippen LogP contribution < -0.4 is 26.0 Å². The molecule has 1 amide bonds. The number of aromatic nitrogens is 1. The molecule has 2 aromatic heterocycles. The molecule has 1 aromatic carbocycles. The Morgan fingerprint density at radius 1 is 1.29 bits per heavy atom. The van der Waals surface area contributed by atoms with Gasteiger partial charge in [-0.25, -0.2) is 4.98 Å². The van der Waals surface area contributed by atoms with Gasteiger partial charge in [-0.3, -0.25) is 4.79 Å². The van der Waals surface area contributed by atoms with E-state index < -0.39 is 17.6 Å². The van der Waals surface area contributed by atoms with Crippen molar-refractivity contribution in [2.45, 2.75) is 44.1 Å². The van der Waals surface area contributed by atoms with Crippen LogP contribution in [0.3, 0.4) is 0 Å². The number of hydrogen-bond acceptors (Lipinski definition) is 7. The highest BCUT2D eigenvalue weighted by Crippen LogP contribution is 2.42. The van der Waals surface area contributed by atoms with Crippen LogP contribution >= 0.6 is 11.3 Å². The van der Waals surface area contributed by atoms with E-state index >= 15 is 0 Å². The molecule has 3 atom stereocenters. The standard InChI is InChI=1S/C24H24F3N5O2S/c1-11-4-17(24(25,26)27)19-20(28)21(35-23(19)29-11)22(33)31-15-5-12-2-3-16(7-18(12)34-10-15)32-8-13-6-14(9-32)30-13/h2-4,7,13-15,30H,5-6,8-10,28H2,1H3,(H,31,33)/t13?,14?,15-/m1/s1. The molecule has 7 nitrogen and oxygen atoms in total. The van der Waals surface area contributed by atoms with Gasteiger partial charge in [0.25, 0.3) is 5.91 Å². The first-order valence-electron chi connectivity index (χ1n) is 11.5. The first kappa shape index (κ1) is 22.4. The van der Waals surface area contributed by atoms with Crippen molar-refractivity contribution in [2.75, 3.05) is 30.3 Å². The van der Waals surface area contributed by atoms with Crippen molar-refractivity contribution in [2.24, 2.45) is 0 Å². The van der Waals surface area contributed by atoms with Crippen LogP contribution in [-0.2, 0) is 12.6 Å². The Morgan fingerprint density at radius 2 is 2.03 bits per heavy atom. The Balaban J connectivity index is 1.19. The lowest BCUT2D eigenvalue weighted by atomic mass is 9.91. The van der Waals surface area contributed by atoms with E-state index in [-0.39, 0.29) is 39.1 Å². The van der Waals surface area contributed by atoms with E-state index in [2.05, 4.69) is 32.7 Å². The number of nitrogens with zero attached hydrogens (tertiary/aromatic N) is 2. The number of rotatable bonds is 3. The lowest BCUT2D eigenvalue weighted by molar-refractivity contribution is -0.136. The maximum absolute atomic E-state index is 13.6. The number of fused-ring (bicyclic) bond motifs is 4. The highest BCUT2D eigenvalue weighted by Gasteiger charge is 2.37. The van der Waals surface area contributed by atoms with Crippen molar-refractivity contribution in [1.29, 1.82) is 0 Å². The molecule has 0 saturated carbocycles. The van der Waals surface area contributed by atoms with E-state index in [0.29, 0.717) is 18.5 Å². The van der Waals surface area contributed by atoms with Crippen LogP contribution in [0.2, 0.25) is 0 Å². The number of hydrogen-bond donors (Lipinski definition) is 3. The Morgan fingerprint density at radius 3 is 2.74 bits per heavy atom. The number of pyridine rings is 1. The zero-order valence-corrected chi connectivity index (χ0v) is 19.7. The van der Waals surface area contributed by atoms with Crippen molar-refractivity contribution in [3.05, 3.63) is 46.0 Å². The van der Waals surface area contributed by atoms with Crippen molar-refractivity contribution >= 4 is 38.8 Å². The molecular weight excluding hydrogens is 479 g/mol. The van der Waals surface area contributed by atoms with E-state index in [1.807, 2.05) is 6.07 Å². The minimum Gasteiger partial charge on any atom is -0.491 e. The summed E-state index contributed by atoms with van der Waals surface area (Å²) >= 11 is 0.872. The number of piperazine rings is 1. The van der Waals surface area contributed by atoms with Gasteiger partial charge in [0.1, 0.15) is 22.1 Å². The second-order valence-corrected chi connectivity index (χ2v) is 10.5. The molecule has 0 radical (unpaired) electrons. The number of ether oxygens (including phenoxy) is 1. The van der Waals surface area contributed by atoms with E-state index in [4.69, 9.17) is 10.5 Å². The van der Waals surface area contributed by atoms with Gasteiger partial charge in [-0.05, 0) is 37.5 Å². The Kier molecular flexibility index (Phi) is 5.12. The molecule has 3 fully saturated rings. The third-order valence-electron chi connectivity index (χ3n) is 6.92. The maximum Gasteiger partial charge on any atom is 0.417 e. The van der Waals surface area contributed by atoms with E-state index in [9.17, 15) is 18.0 Å². The van der Waals surface area contributed by atoms with Gasteiger partial charge in [0.2, 0.25) is 0 Å².